The maximum atomic E-state index is 7.27. The second-order valence-electron chi connectivity index (χ2n) is 38.0. The standard InChI is InChI=1S/C98H96O6/c1-89(2,3)59-23-29-77-53(35-59)41-83(99-77)65-47-71-72(48-66(65)84-42-54-36-60(90(4,5)6)24-30-78(54)100-84)96(20)75-51-69(87-45-57-39-63(93(13,14)15)27-33-81(57)103-87)70(88-46-58-40-64(94(16,17)18)28-34-82(58)104-88)52-76(75)97(21)74-50-68(86-44-56-38-62(92(10,11)12)26-32-80(56)102-86)67(49-73(74)95(71,19)98(96,97)22)85-43-55-37-61(91(7,8)9)25-31-79(55)101-85/h23-52H,1-22H3. The predicted octanol–water partition coefficient (Wildman–Crippen LogP) is 28.2. The van der Waals surface area contributed by atoms with E-state index in [0.717, 1.165) is 134 Å². The molecule has 0 spiro atoms. The van der Waals surface area contributed by atoms with Gasteiger partial charge in [0.15, 0.2) is 0 Å². The molecule has 524 valence electrons. The van der Waals surface area contributed by atoms with Gasteiger partial charge in [-0.25, -0.2) is 0 Å². The van der Waals surface area contributed by atoms with Gasteiger partial charge >= 0.3 is 0 Å². The Hall–Kier alpha value is -9.78. The third-order valence-electron chi connectivity index (χ3n) is 25.6. The minimum absolute atomic E-state index is 0.0691. The Bertz CT molecular complexity index is 5220. The average molecular weight is 1370 g/mol. The highest BCUT2D eigenvalue weighted by atomic mass is 16.4. The summed E-state index contributed by atoms with van der Waals surface area (Å²) in [5, 5.41) is 6.38. The van der Waals surface area contributed by atoms with Crippen molar-refractivity contribution >= 4 is 65.8 Å². The molecule has 0 saturated heterocycles. The van der Waals surface area contributed by atoms with E-state index in [0.29, 0.717) is 0 Å². The number of furan rings is 6. The Morgan fingerprint density at radius 1 is 0.192 bits per heavy atom. The summed E-state index contributed by atoms with van der Waals surface area (Å²) in [5.41, 5.74) is 22.7. The Balaban J connectivity index is 0.981. The molecular weight excluding hydrogens is 1270 g/mol. The van der Waals surface area contributed by atoms with E-state index in [-0.39, 0.29) is 32.5 Å². The molecule has 6 heteroatoms. The third kappa shape index (κ3) is 9.30. The van der Waals surface area contributed by atoms with Gasteiger partial charge < -0.3 is 26.5 Å². The van der Waals surface area contributed by atoms with Crippen LogP contribution in [0, 0.1) is 5.41 Å². The lowest BCUT2D eigenvalue weighted by molar-refractivity contribution is 0.0997. The van der Waals surface area contributed by atoms with E-state index in [1.165, 1.54) is 66.8 Å². The van der Waals surface area contributed by atoms with Crippen LogP contribution in [0.5, 0.6) is 0 Å². The van der Waals surface area contributed by atoms with E-state index in [2.05, 4.69) is 334 Å². The monoisotopic (exact) mass is 1370 g/mol. The van der Waals surface area contributed by atoms with Crippen LogP contribution in [0.1, 0.15) is 219 Å². The van der Waals surface area contributed by atoms with Gasteiger partial charge in [0, 0.05) is 87.4 Å². The van der Waals surface area contributed by atoms with Gasteiger partial charge in [-0.15, -0.1) is 0 Å². The molecule has 0 N–H and O–H groups in total. The molecular formula is C98H96O6. The summed E-state index contributed by atoms with van der Waals surface area (Å²) in [5.74, 6) is 4.73. The first kappa shape index (κ1) is 66.2. The van der Waals surface area contributed by atoms with Crippen LogP contribution in [0.15, 0.2) is 208 Å². The molecule has 0 saturated carbocycles. The molecule has 0 atom stereocenters. The second kappa shape index (κ2) is 21.0. The molecule has 0 radical (unpaired) electrons. The Labute approximate surface area is 611 Å². The van der Waals surface area contributed by atoms with Gasteiger partial charge in [0.2, 0.25) is 0 Å². The lowest BCUT2D eigenvalue weighted by Gasteiger charge is -2.49. The van der Waals surface area contributed by atoms with Crippen LogP contribution < -0.4 is 0 Å². The van der Waals surface area contributed by atoms with Gasteiger partial charge in [0.1, 0.15) is 68.1 Å². The summed E-state index contributed by atoms with van der Waals surface area (Å²) in [6.07, 6.45) is 0. The van der Waals surface area contributed by atoms with E-state index in [4.69, 9.17) is 26.5 Å². The Morgan fingerprint density at radius 3 is 0.471 bits per heavy atom. The molecule has 15 aromatic rings. The van der Waals surface area contributed by atoms with Crippen molar-refractivity contribution < 1.29 is 26.5 Å². The van der Waals surface area contributed by atoms with Crippen molar-refractivity contribution in [3.8, 4) is 67.9 Å². The van der Waals surface area contributed by atoms with E-state index >= 15 is 0 Å². The van der Waals surface area contributed by atoms with Gasteiger partial charge in [-0.2, -0.15) is 0 Å². The van der Waals surface area contributed by atoms with E-state index < -0.39 is 21.7 Å². The molecule has 3 aliphatic carbocycles. The van der Waals surface area contributed by atoms with Crippen LogP contribution in [0.25, 0.3) is 134 Å². The quantitative estimate of drug-likeness (QED) is 0.165. The molecule has 6 heterocycles. The maximum absolute atomic E-state index is 7.27. The van der Waals surface area contributed by atoms with Crippen molar-refractivity contribution in [3.05, 3.63) is 249 Å². The predicted molar refractivity (Wildman–Crippen MR) is 430 cm³/mol. The van der Waals surface area contributed by atoms with E-state index in [1.807, 2.05) is 0 Å². The zero-order valence-electron chi connectivity index (χ0n) is 64.8. The lowest BCUT2D eigenvalue weighted by Crippen LogP contribution is -2.51. The molecule has 0 fully saturated rings. The number of rotatable bonds is 6. The van der Waals surface area contributed by atoms with Gasteiger partial charge in [-0.05, 0) is 245 Å². The molecule has 0 bridgehead atoms. The van der Waals surface area contributed by atoms with Crippen molar-refractivity contribution in [1.29, 1.82) is 0 Å². The highest BCUT2D eigenvalue weighted by molar-refractivity contribution is 5.99. The van der Waals surface area contributed by atoms with Crippen LogP contribution in [0.4, 0.5) is 0 Å². The Morgan fingerprint density at radius 2 is 0.337 bits per heavy atom. The highest BCUT2D eigenvalue weighted by Gasteiger charge is 2.80. The average Bonchev–Trinajstić information content (AvgIpc) is 1.43. The third-order valence-corrected chi connectivity index (χ3v) is 25.6. The second-order valence-corrected chi connectivity index (χ2v) is 38.0. The summed E-state index contributed by atoms with van der Waals surface area (Å²) >= 11 is 0. The smallest absolute Gasteiger partial charge is 0.136 e. The largest absolute Gasteiger partial charge is 0.456 e. The normalized spacial score (nSPS) is 19.8. The highest BCUT2D eigenvalue weighted by Crippen LogP contribution is 2.83. The SMILES string of the molecule is CC(C)(C)c1ccc2oc(-c3cc4c(cc3-c3cc5cc(C(C)(C)C)ccc5o3)C3(C)c5cc(-c6cc7cc(C(C)(C)C)ccc7o6)c(-c6cc7cc(C(C)(C)C)ccc7o6)cc5C5(C)c6cc(-c7cc8cc(C(C)(C)C)ccc8o7)c(-c7cc8cc(C(C)(C)C)ccc8o7)cc6C4(C)C35C)cc2c1. The van der Waals surface area contributed by atoms with Crippen LogP contribution in [-0.2, 0) is 48.7 Å². The summed E-state index contributed by atoms with van der Waals surface area (Å²) < 4.78 is 43.6. The maximum Gasteiger partial charge on any atom is 0.136 e. The lowest BCUT2D eigenvalue weighted by atomic mass is 9.52. The van der Waals surface area contributed by atoms with Crippen molar-refractivity contribution in [2.24, 2.45) is 5.41 Å². The first-order valence-corrected chi connectivity index (χ1v) is 37.6. The van der Waals surface area contributed by atoms with E-state index in [1.54, 1.807) is 0 Å². The molecule has 18 rings (SSSR count). The minimum atomic E-state index is -0.714. The minimum Gasteiger partial charge on any atom is -0.456 e. The summed E-state index contributed by atoms with van der Waals surface area (Å²) in [6, 6.07) is 68.8. The van der Waals surface area contributed by atoms with Gasteiger partial charge in [0.05, 0.1) is 0 Å². The molecule has 6 aromatic heterocycles. The van der Waals surface area contributed by atoms with Crippen molar-refractivity contribution in [3.63, 3.8) is 0 Å². The Kier molecular flexibility index (Phi) is 13.4. The van der Waals surface area contributed by atoms with Crippen molar-refractivity contribution in [2.45, 2.75) is 201 Å². The van der Waals surface area contributed by atoms with Crippen LogP contribution in [-0.4, -0.2) is 0 Å². The molecule has 6 nitrogen and oxygen atoms in total. The first-order valence-electron chi connectivity index (χ1n) is 37.6. The van der Waals surface area contributed by atoms with Crippen LogP contribution in [0.2, 0.25) is 0 Å². The first-order chi connectivity index (χ1) is 48.7. The number of hydrogen-bond acceptors (Lipinski definition) is 6. The molecule has 9 aromatic carbocycles. The summed E-state index contributed by atoms with van der Waals surface area (Å²) in [6.45, 7) is 51.3. The molecule has 0 aliphatic heterocycles. The van der Waals surface area contributed by atoms with E-state index in [9.17, 15) is 0 Å². The molecule has 0 amide bonds. The molecule has 0 unspecified atom stereocenters. The zero-order chi connectivity index (χ0) is 73.2. The topological polar surface area (TPSA) is 78.8 Å². The fourth-order valence-corrected chi connectivity index (χ4v) is 18.9. The zero-order valence-corrected chi connectivity index (χ0v) is 64.8. The summed E-state index contributed by atoms with van der Waals surface area (Å²) in [7, 11) is 0. The number of hydrogen-bond donors (Lipinski definition) is 0. The van der Waals surface area contributed by atoms with Crippen molar-refractivity contribution in [2.75, 3.05) is 0 Å². The van der Waals surface area contributed by atoms with Crippen molar-refractivity contribution in [1.82, 2.24) is 0 Å². The van der Waals surface area contributed by atoms with Crippen LogP contribution >= 0.6 is 0 Å². The molecule has 104 heavy (non-hydrogen) atoms. The van der Waals surface area contributed by atoms with Gasteiger partial charge in [-0.3, -0.25) is 0 Å². The number of benzene rings is 9. The fourth-order valence-electron chi connectivity index (χ4n) is 18.9. The van der Waals surface area contributed by atoms with Gasteiger partial charge in [-0.1, -0.05) is 189 Å². The molecule has 3 aliphatic rings. The summed E-state index contributed by atoms with van der Waals surface area (Å²) in [4.78, 5) is 0. The van der Waals surface area contributed by atoms with Crippen LogP contribution in [0.3, 0.4) is 0 Å². The van der Waals surface area contributed by atoms with Gasteiger partial charge in [0.25, 0.3) is 0 Å². The number of fused-ring (bicyclic) bond motifs is 15. The fraction of sp³-hybridized carbons (Fsp3) is 0.327.